The Bertz CT molecular complexity index is 1160. The number of esters is 1. The summed E-state index contributed by atoms with van der Waals surface area (Å²) in [5, 5.41) is 0.593. The number of likely N-dealkylation sites (tertiary alicyclic amines) is 3. The van der Waals surface area contributed by atoms with Crippen LogP contribution in [0.15, 0.2) is 18.2 Å². The van der Waals surface area contributed by atoms with Gasteiger partial charge in [0.25, 0.3) is 6.10 Å². The van der Waals surface area contributed by atoms with Gasteiger partial charge in [0.2, 0.25) is 0 Å². The molecule has 3 heterocycles. The molecule has 1 aromatic rings. The lowest BCUT2D eigenvalue weighted by molar-refractivity contribution is -0.308. The lowest BCUT2D eigenvalue weighted by atomic mass is 9.85. The molecule has 0 saturated carbocycles. The molecular formula is C30H40ClF6N3O4. The number of carbonyl (C=O) groups excluding carboxylic acids is 2. The normalized spacial score (nSPS) is 20.8. The summed E-state index contributed by atoms with van der Waals surface area (Å²) in [7, 11) is 0. The van der Waals surface area contributed by atoms with E-state index in [2.05, 4.69) is 20.6 Å². The fourth-order valence-corrected chi connectivity index (χ4v) is 6.78. The first-order valence-electron chi connectivity index (χ1n) is 14.9. The summed E-state index contributed by atoms with van der Waals surface area (Å²) in [5.41, 5.74) is 1.20. The number of alkyl halides is 6. The summed E-state index contributed by atoms with van der Waals surface area (Å²) in [5.74, 6) is -0.271. The van der Waals surface area contributed by atoms with Crippen molar-refractivity contribution >= 4 is 23.7 Å². The zero-order valence-corrected chi connectivity index (χ0v) is 26.0. The molecule has 4 rings (SSSR count). The number of nitrogens with zero attached hydrogens (tertiary/aromatic N) is 3. The van der Waals surface area contributed by atoms with Crippen LogP contribution in [0.3, 0.4) is 0 Å². The number of halogens is 7. The maximum atomic E-state index is 12.9. The molecule has 44 heavy (non-hydrogen) atoms. The smallest absolute Gasteiger partial charge is 0.434 e. The molecule has 3 aliphatic heterocycles. The summed E-state index contributed by atoms with van der Waals surface area (Å²) in [6, 6.07) is 5.91. The summed E-state index contributed by atoms with van der Waals surface area (Å²) < 4.78 is 86.7. The predicted octanol–water partition coefficient (Wildman–Crippen LogP) is 6.95. The predicted molar refractivity (Wildman–Crippen MR) is 151 cm³/mol. The number of amides is 1. The number of hydrogen-bond acceptors (Lipinski definition) is 6. The molecular weight excluding hydrogens is 616 g/mol. The number of benzene rings is 1. The molecule has 0 bridgehead atoms. The van der Waals surface area contributed by atoms with E-state index in [-0.39, 0.29) is 30.5 Å². The van der Waals surface area contributed by atoms with E-state index in [4.69, 9.17) is 16.3 Å². The summed E-state index contributed by atoms with van der Waals surface area (Å²) in [6.45, 7) is 9.11. The lowest BCUT2D eigenvalue weighted by Crippen LogP contribution is -2.54. The average Bonchev–Trinajstić information content (AvgIpc) is 3.26. The van der Waals surface area contributed by atoms with Crippen molar-refractivity contribution in [3.63, 3.8) is 0 Å². The summed E-state index contributed by atoms with van der Waals surface area (Å²) in [6.07, 6.45) is -13.3. The highest BCUT2D eigenvalue weighted by Gasteiger charge is 2.60. The molecule has 14 heteroatoms. The highest BCUT2D eigenvalue weighted by molar-refractivity contribution is 6.30. The van der Waals surface area contributed by atoms with Crippen molar-refractivity contribution in [3.8, 4) is 0 Å². The fraction of sp³-hybridized carbons (Fsp3) is 0.733. The maximum absolute atomic E-state index is 12.9. The molecule has 1 aromatic carbocycles. The van der Waals surface area contributed by atoms with E-state index in [1.54, 1.807) is 0 Å². The van der Waals surface area contributed by atoms with E-state index < -0.39 is 30.2 Å². The van der Waals surface area contributed by atoms with Gasteiger partial charge < -0.3 is 14.4 Å². The molecule has 0 N–H and O–H groups in total. The molecule has 3 saturated heterocycles. The van der Waals surface area contributed by atoms with Crippen molar-refractivity contribution in [2.75, 3.05) is 32.7 Å². The van der Waals surface area contributed by atoms with Gasteiger partial charge in [-0.05, 0) is 102 Å². The molecule has 0 unspecified atom stereocenters. The summed E-state index contributed by atoms with van der Waals surface area (Å²) in [4.78, 5) is 30.2. The van der Waals surface area contributed by atoms with Gasteiger partial charge in [-0.15, -0.1) is 0 Å². The third-order valence-corrected chi connectivity index (χ3v) is 8.85. The van der Waals surface area contributed by atoms with Crippen molar-refractivity contribution in [2.45, 2.75) is 102 Å². The Morgan fingerprint density at radius 3 is 2.00 bits per heavy atom. The van der Waals surface area contributed by atoms with Gasteiger partial charge in [0, 0.05) is 36.7 Å². The van der Waals surface area contributed by atoms with Gasteiger partial charge in [0.1, 0.15) is 5.60 Å². The molecule has 3 fully saturated rings. The molecule has 0 aromatic heterocycles. The van der Waals surface area contributed by atoms with Gasteiger partial charge in [-0.25, -0.2) is 4.79 Å². The van der Waals surface area contributed by atoms with Crippen molar-refractivity contribution in [3.05, 3.63) is 34.3 Å². The molecule has 7 nitrogen and oxygen atoms in total. The van der Waals surface area contributed by atoms with Crippen LogP contribution in [-0.2, 0) is 27.4 Å². The average molecular weight is 656 g/mol. The van der Waals surface area contributed by atoms with Gasteiger partial charge >= 0.3 is 24.4 Å². The quantitative estimate of drug-likeness (QED) is 0.244. The van der Waals surface area contributed by atoms with Crippen LogP contribution in [0.25, 0.3) is 0 Å². The van der Waals surface area contributed by atoms with Gasteiger partial charge in [-0.2, -0.15) is 26.3 Å². The third kappa shape index (κ3) is 8.93. The minimum atomic E-state index is -5.75. The fourth-order valence-electron chi connectivity index (χ4n) is 6.50. The second-order valence-corrected chi connectivity index (χ2v) is 13.6. The van der Waals surface area contributed by atoms with Crippen LogP contribution in [-0.4, -0.2) is 89.1 Å². The van der Waals surface area contributed by atoms with Crippen LogP contribution in [0.2, 0.25) is 5.02 Å². The van der Waals surface area contributed by atoms with Gasteiger partial charge in [-0.1, -0.05) is 17.7 Å². The standard InChI is InChI=1S/C30H40ClF6N3O4/c1-27(2,3)44-24(41)22-5-11-38(12-6-22)18-20-15-21(17-23(31)16-20)19-40-10-4-7-28(40)8-13-39(14-9-28)26(42)43-25(29(32,33)34)30(35,36)37/h15-17,22,25H,4-14,18-19H2,1-3H3. The molecule has 0 atom stereocenters. The first-order chi connectivity index (χ1) is 20.3. The second kappa shape index (κ2) is 13.2. The van der Waals surface area contributed by atoms with Crippen molar-refractivity contribution in [2.24, 2.45) is 5.92 Å². The highest BCUT2D eigenvalue weighted by Crippen LogP contribution is 2.41. The Morgan fingerprint density at radius 2 is 1.45 bits per heavy atom. The first kappa shape index (κ1) is 34.6. The van der Waals surface area contributed by atoms with Gasteiger partial charge in [0.15, 0.2) is 0 Å². The maximum Gasteiger partial charge on any atom is 0.434 e. The molecule has 3 aliphatic rings. The van der Waals surface area contributed by atoms with Crippen LogP contribution < -0.4 is 0 Å². The monoisotopic (exact) mass is 655 g/mol. The van der Waals surface area contributed by atoms with E-state index in [1.165, 1.54) is 0 Å². The van der Waals surface area contributed by atoms with E-state index in [1.807, 2.05) is 32.9 Å². The topological polar surface area (TPSA) is 62.3 Å². The molecule has 248 valence electrons. The first-order valence-corrected chi connectivity index (χ1v) is 15.3. The van der Waals surface area contributed by atoms with Crippen LogP contribution in [0.4, 0.5) is 31.1 Å². The van der Waals surface area contributed by atoms with E-state index >= 15 is 0 Å². The summed E-state index contributed by atoms with van der Waals surface area (Å²) >= 11 is 6.50. The number of piperidine rings is 2. The largest absolute Gasteiger partial charge is 0.460 e. The zero-order valence-electron chi connectivity index (χ0n) is 25.2. The van der Waals surface area contributed by atoms with Crippen molar-refractivity contribution in [1.29, 1.82) is 0 Å². The Morgan fingerprint density at radius 1 is 0.886 bits per heavy atom. The van der Waals surface area contributed by atoms with E-state index in [9.17, 15) is 35.9 Å². The van der Waals surface area contributed by atoms with E-state index in [0.717, 1.165) is 61.3 Å². The Labute approximate surface area is 258 Å². The lowest BCUT2D eigenvalue weighted by Gasteiger charge is -2.45. The van der Waals surface area contributed by atoms with E-state index in [0.29, 0.717) is 31.0 Å². The molecule has 1 spiro atoms. The highest BCUT2D eigenvalue weighted by atomic mass is 35.5. The van der Waals surface area contributed by atoms with Crippen LogP contribution in [0.5, 0.6) is 0 Å². The Hall–Kier alpha value is -2.25. The molecule has 0 radical (unpaired) electrons. The van der Waals surface area contributed by atoms with Crippen LogP contribution in [0, 0.1) is 5.92 Å². The van der Waals surface area contributed by atoms with Gasteiger partial charge in [0.05, 0.1) is 5.92 Å². The number of rotatable bonds is 6. The van der Waals surface area contributed by atoms with Gasteiger partial charge in [-0.3, -0.25) is 14.6 Å². The van der Waals surface area contributed by atoms with Crippen molar-refractivity contribution < 1.29 is 45.4 Å². The van der Waals surface area contributed by atoms with Crippen LogP contribution in [0.1, 0.15) is 70.4 Å². The van der Waals surface area contributed by atoms with Crippen LogP contribution >= 0.6 is 11.6 Å². The SMILES string of the molecule is CC(C)(C)OC(=O)C1CCN(Cc2cc(Cl)cc(CN3CCCC34CCN(C(=O)OC(C(F)(F)F)C(F)(F)F)CC4)c2)CC1. The Kier molecular flexibility index (Phi) is 10.4. The minimum Gasteiger partial charge on any atom is -0.460 e. The van der Waals surface area contributed by atoms with Crippen molar-refractivity contribution in [1.82, 2.24) is 14.7 Å². The number of carbonyl (C=O) groups is 2. The molecule has 1 amide bonds. The minimum absolute atomic E-state index is 0.00217. The zero-order chi connectivity index (χ0) is 32.5. The third-order valence-electron chi connectivity index (χ3n) is 8.63. The second-order valence-electron chi connectivity index (χ2n) is 13.1. The molecule has 0 aliphatic carbocycles. The number of ether oxygens (including phenoxy) is 2. The number of hydrogen-bond donors (Lipinski definition) is 0. The Balaban J connectivity index is 1.33.